The van der Waals surface area contributed by atoms with E-state index >= 15 is 0 Å². The number of piperidine rings is 1. The van der Waals surface area contributed by atoms with Crippen LogP contribution in [0.3, 0.4) is 0 Å². The average Bonchev–Trinajstić information content (AvgIpc) is 2.81. The van der Waals surface area contributed by atoms with E-state index in [0.29, 0.717) is 6.54 Å². The Labute approximate surface area is 125 Å². The summed E-state index contributed by atoms with van der Waals surface area (Å²) in [6, 6.07) is 3.72. The van der Waals surface area contributed by atoms with Crippen LogP contribution in [0.4, 0.5) is 0 Å². The van der Waals surface area contributed by atoms with Crippen molar-refractivity contribution in [3.8, 4) is 0 Å². The van der Waals surface area contributed by atoms with Gasteiger partial charge in [0, 0.05) is 19.1 Å². The predicted octanol–water partition coefficient (Wildman–Crippen LogP) is 2.05. The van der Waals surface area contributed by atoms with Crippen LogP contribution in [0.15, 0.2) is 16.5 Å². The Balaban J connectivity index is 0.00000200. The Kier molecular flexibility index (Phi) is 5.62. The number of ether oxygens (including phenoxy) is 1. The standard InChI is InChI=1S/C14H22N2O3.ClH/c1-14(2)9-16(7-6-12(14)15)8-10-4-5-11(19-10)13(17)18-3;/h4-5,12H,6-9,15H2,1-3H3;1H. The molecule has 5 nitrogen and oxygen atoms in total. The Bertz CT molecular complexity index is 459. The van der Waals surface area contributed by atoms with Crippen molar-refractivity contribution in [2.24, 2.45) is 11.1 Å². The topological polar surface area (TPSA) is 68.7 Å². The van der Waals surface area contributed by atoms with Crippen molar-refractivity contribution in [1.29, 1.82) is 0 Å². The highest BCUT2D eigenvalue weighted by atomic mass is 35.5. The molecule has 1 aromatic rings. The van der Waals surface area contributed by atoms with Gasteiger partial charge >= 0.3 is 5.97 Å². The van der Waals surface area contributed by atoms with Crippen molar-refractivity contribution in [2.45, 2.75) is 32.9 Å². The van der Waals surface area contributed by atoms with Crippen molar-refractivity contribution in [1.82, 2.24) is 4.90 Å². The van der Waals surface area contributed by atoms with Crippen LogP contribution in [-0.2, 0) is 11.3 Å². The van der Waals surface area contributed by atoms with Gasteiger partial charge in [0.15, 0.2) is 0 Å². The molecule has 20 heavy (non-hydrogen) atoms. The minimum atomic E-state index is -0.438. The van der Waals surface area contributed by atoms with Gasteiger partial charge in [0.1, 0.15) is 5.76 Å². The number of carbonyl (C=O) groups is 1. The summed E-state index contributed by atoms with van der Waals surface area (Å²) >= 11 is 0. The summed E-state index contributed by atoms with van der Waals surface area (Å²) in [4.78, 5) is 13.6. The first-order valence-corrected chi connectivity index (χ1v) is 6.57. The third-order valence-corrected chi connectivity index (χ3v) is 3.82. The lowest BCUT2D eigenvalue weighted by atomic mass is 9.80. The molecule has 2 N–H and O–H groups in total. The molecule has 0 radical (unpaired) electrons. The van der Waals surface area contributed by atoms with Crippen molar-refractivity contribution >= 4 is 18.4 Å². The first-order chi connectivity index (χ1) is 8.92. The first kappa shape index (κ1) is 17.0. The van der Waals surface area contributed by atoms with Gasteiger partial charge in [-0.1, -0.05) is 13.8 Å². The van der Waals surface area contributed by atoms with Crippen molar-refractivity contribution in [3.05, 3.63) is 23.7 Å². The van der Waals surface area contributed by atoms with Crippen LogP contribution in [0.1, 0.15) is 36.6 Å². The molecule has 0 bridgehead atoms. The van der Waals surface area contributed by atoms with Crippen LogP contribution in [0.2, 0.25) is 0 Å². The Morgan fingerprint density at radius 2 is 2.25 bits per heavy atom. The number of nitrogens with zero attached hydrogens (tertiary/aromatic N) is 1. The van der Waals surface area contributed by atoms with Gasteiger partial charge in [-0.25, -0.2) is 4.79 Å². The van der Waals surface area contributed by atoms with E-state index < -0.39 is 5.97 Å². The van der Waals surface area contributed by atoms with Crippen LogP contribution in [0.5, 0.6) is 0 Å². The minimum absolute atomic E-state index is 0. The fourth-order valence-electron chi connectivity index (χ4n) is 2.51. The van der Waals surface area contributed by atoms with Gasteiger partial charge in [0.25, 0.3) is 0 Å². The quantitative estimate of drug-likeness (QED) is 0.866. The van der Waals surface area contributed by atoms with E-state index in [1.165, 1.54) is 7.11 Å². The number of rotatable bonds is 3. The molecule has 2 rings (SSSR count). The molecule has 0 amide bonds. The molecule has 1 saturated heterocycles. The Hall–Kier alpha value is -1.04. The summed E-state index contributed by atoms with van der Waals surface area (Å²) in [7, 11) is 1.35. The van der Waals surface area contributed by atoms with E-state index in [2.05, 4.69) is 23.5 Å². The monoisotopic (exact) mass is 302 g/mol. The minimum Gasteiger partial charge on any atom is -0.463 e. The Morgan fingerprint density at radius 3 is 2.85 bits per heavy atom. The maximum atomic E-state index is 11.3. The summed E-state index contributed by atoms with van der Waals surface area (Å²) in [6.07, 6.45) is 0.984. The summed E-state index contributed by atoms with van der Waals surface area (Å²) in [6.45, 7) is 6.96. The molecule has 0 spiro atoms. The van der Waals surface area contributed by atoms with Gasteiger partial charge < -0.3 is 14.9 Å². The largest absolute Gasteiger partial charge is 0.463 e. The molecule has 1 unspecified atom stereocenters. The number of hydrogen-bond acceptors (Lipinski definition) is 5. The number of furan rings is 1. The molecule has 0 aromatic carbocycles. The summed E-state index contributed by atoms with van der Waals surface area (Å²) in [5.41, 5.74) is 6.23. The highest BCUT2D eigenvalue weighted by Crippen LogP contribution is 2.28. The van der Waals surface area contributed by atoms with Crippen LogP contribution < -0.4 is 5.73 Å². The Morgan fingerprint density at radius 1 is 1.55 bits per heavy atom. The van der Waals surface area contributed by atoms with E-state index in [4.69, 9.17) is 10.2 Å². The van der Waals surface area contributed by atoms with E-state index in [9.17, 15) is 4.79 Å². The summed E-state index contributed by atoms with van der Waals surface area (Å²) in [5.74, 6) is 0.601. The summed E-state index contributed by atoms with van der Waals surface area (Å²) in [5, 5.41) is 0. The second-order valence-electron chi connectivity index (χ2n) is 5.85. The van der Waals surface area contributed by atoms with E-state index in [1.807, 2.05) is 6.07 Å². The third kappa shape index (κ3) is 3.75. The van der Waals surface area contributed by atoms with Gasteiger partial charge in [-0.2, -0.15) is 0 Å². The zero-order valence-electron chi connectivity index (χ0n) is 12.2. The highest BCUT2D eigenvalue weighted by Gasteiger charge is 2.33. The SMILES string of the molecule is COC(=O)c1ccc(CN2CCC(N)C(C)(C)C2)o1.Cl. The molecular formula is C14H23ClN2O3. The molecule has 1 aliphatic rings. The third-order valence-electron chi connectivity index (χ3n) is 3.82. The number of hydrogen-bond donors (Lipinski definition) is 1. The van der Waals surface area contributed by atoms with Gasteiger partial charge in [0.05, 0.1) is 13.7 Å². The second kappa shape index (κ2) is 6.61. The van der Waals surface area contributed by atoms with Gasteiger partial charge in [-0.05, 0) is 24.0 Å². The zero-order valence-corrected chi connectivity index (χ0v) is 13.0. The van der Waals surface area contributed by atoms with Crippen molar-refractivity contribution in [2.75, 3.05) is 20.2 Å². The van der Waals surface area contributed by atoms with Gasteiger partial charge in [-0.3, -0.25) is 4.90 Å². The maximum absolute atomic E-state index is 11.3. The zero-order chi connectivity index (χ0) is 14.0. The highest BCUT2D eigenvalue weighted by molar-refractivity contribution is 5.86. The van der Waals surface area contributed by atoms with E-state index in [0.717, 1.165) is 25.3 Å². The lowest BCUT2D eigenvalue weighted by Crippen LogP contribution is -2.51. The molecule has 6 heteroatoms. The van der Waals surface area contributed by atoms with E-state index in [-0.39, 0.29) is 29.6 Å². The lowest BCUT2D eigenvalue weighted by molar-refractivity contribution is 0.0553. The summed E-state index contributed by atoms with van der Waals surface area (Å²) < 4.78 is 10.1. The molecule has 1 aliphatic heterocycles. The number of esters is 1. The van der Waals surface area contributed by atoms with Crippen LogP contribution in [-0.4, -0.2) is 37.1 Å². The molecule has 1 atom stereocenters. The molecule has 1 fully saturated rings. The normalized spacial score (nSPS) is 22.1. The number of methoxy groups -OCH3 is 1. The smallest absolute Gasteiger partial charge is 0.373 e. The lowest BCUT2D eigenvalue weighted by Gasteiger charge is -2.42. The average molecular weight is 303 g/mol. The van der Waals surface area contributed by atoms with Crippen LogP contribution in [0, 0.1) is 5.41 Å². The number of halogens is 1. The number of likely N-dealkylation sites (tertiary alicyclic amines) is 1. The molecule has 0 aliphatic carbocycles. The van der Waals surface area contributed by atoms with Gasteiger partial charge in [-0.15, -0.1) is 12.4 Å². The number of nitrogens with two attached hydrogens (primary N) is 1. The number of carbonyl (C=O) groups excluding carboxylic acids is 1. The predicted molar refractivity (Wildman–Crippen MR) is 78.9 cm³/mol. The van der Waals surface area contributed by atoms with Crippen LogP contribution in [0.25, 0.3) is 0 Å². The fraction of sp³-hybridized carbons (Fsp3) is 0.643. The molecule has 1 aromatic heterocycles. The van der Waals surface area contributed by atoms with Crippen molar-refractivity contribution < 1.29 is 13.9 Å². The van der Waals surface area contributed by atoms with Gasteiger partial charge in [0.2, 0.25) is 5.76 Å². The van der Waals surface area contributed by atoms with Crippen molar-refractivity contribution in [3.63, 3.8) is 0 Å². The fourth-order valence-corrected chi connectivity index (χ4v) is 2.51. The van der Waals surface area contributed by atoms with E-state index in [1.54, 1.807) is 6.07 Å². The molecular weight excluding hydrogens is 280 g/mol. The van der Waals surface area contributed by atoms with Crippen LogP contribution >= 0.6 is 12.4 Å². The molecule has 2 heterocycles. The maximum Gasteiger partial charge on any atom is 0.373 e. The first-order valence-electron chi connectivity index (χ1n) is 6.57. The molecule has 0 saturated carbocycles. The molecule has 114 valence electrons. The second-order valence-corrected chi connectivity index (χ2v) is 5.85.